The predicted octanol–water partition coefficient (Wildman–Crippen LogP) is 19.9. The Balaban J connectivity index is 4.25. The van der Waals surface area contributed by atoms with Crippen molar-refractivity contribution < 1.29 is 28.6 Å². The summed E-state index contributed by atoms with van der Waals surface area (Å²) in [5.74, 6) is 1.66. The second-order valence-corrected chi connectivity index (χ2v) is 22.4. The third-order valence-electron chi connectivity index (χ3n) is 13.9. The molecule has 0 aromatic heterocycles. The molecule has 0 aromatic carbocycles. The van der Waals surface area contributed by atoms with Gasteiger partial charge in [-0.05, 0) is 37.0 Å². The van der Waals surface area contributed by atoms with E-state index in [9.17, 15) is 14.4 Å². The topological polar surface area (TPSA) is 78.9 Å². The van der Waals surface area contributed by atoms with Crippen LogP contribution in [0.4, 0.5) is 0 Å². The lowest BCUT2D eigenvalue weighted by atomic mass is 10.0. The van der Waals surface area contributed by atoms with Gasteiger partial charge in [-0.2, -0.15) is 0 Å². The van der Waals surface area contributed by atoms with Crippen LogP contribution in [0.5, 0.6) is 0 Å². The van der Waals surface area contributed by atoms with Crippen molar-refractivity contribution in [1.82, 2.24) is 0 Å². The summed E-state index contributed by atoms with van der Waals surface area (Å²) in [6, 6.07) is 0. The lowest BCUT2D eigenvalue weighted by Crippen LogP contribution is -2.30. The number of unbranched alkanes of at least 4 members (excludes halogenated alkanes) is 37. The normalized spacial score (nSPS) is 12.1. The molecule has 6 nitrogen and oxygen atoms in total. The first-order chi connectivity index (χ1) is 32.6. The summed E-state index contributed by atoms with van der Waals surface area (Å²) in [6.07, 6.45) is 55.3. The Labute approximate surface area is 418 Å². The van der Waals surface area contributed by atoms with Gasteiger partial charge in [0.1, 0.15) is 13.2 Å². The number of hydrogen-bond acceptors (Lipinski definition) is 6. The molecule has 0 N–H and O–H groups in total. The standard InChI is InChI=1S/C61H118O6/c1-55(2)47-41-35-29-23-18-14-11-9-7-8-10-12-16-21-27-34-40-46-52-61(64)67-58(54-66-60(63)51-45-39-33-28-22-25-31-37-43-49-57(5)6)53-65-59(62)50-44-38-32-26-20-17-13-15-19-24-30-36-42-48-56(3)4/h55-58H,7-54H2,1-6H3/t58-/m0/s1. The predicted molar refractivity (Wildman–Crippen MR) is 289 cm³/mol. The summed E-state index contributed by atoms with van der Waals surface area (Å²) >= 11 is 0. The second-order valence-electron chi connectivity index (χ2n) is 22.4. The van der Waals surface area contributed by atoms with E-state index in [4.69, 9.17) is 14.2 Å². The third-order valence-corrected chi connectivity index (χ3v) is 13.9. The van der Waals surface area contributed by atoms with Crippen LogP contribution in [0.2, 0.25) is 0 Å². The van der Waals surface area contributed by atoms with E-state index in [1.54, 1.807) is 0 Å². The molecule has 0 aromatic rings. The molecule has 1 atom stereocenters. The molecule has 6 heteroatoms. The van der Waals surface area contributed by atoms with Crippen molar-refractivity contribution in [3.8, 4) is 0 Å². The van der Waals surface area contributed by atoms with Gasteiger partial charge >= 0.3 is 17.9 Å². The highest BCUT2D eigenvalue weighted by atomic mass is 16.6. The highest BCUT2D eigenvalue weighted by Gasteiger charge is 2.19. The van der Waals surface area contributed by atoms with Crippen LogP contribution < -0.4 is 0 Å². The van der Waals surface area contributed by atoms with Crippen LogP contribution in [0.3, 0.4) is 0 Å². The summed E-state index contributed by atoms with van der Waals surface area (Å²) in [4.78, 5) is 38.2. The molecule has 67 heavy (non-hydrogen) atoms. The van der Waals surface area contributed by atoms with Crippen LogP contribution >= 0.6 is 0 Å². The highest BCUT2D eigenvalue weighted by molar-refractivity contribution is 5.71. The number of rotatable bonds is 54. The minimum Gasteiger partial charge on any atom is -0.462 e. The van der Waals surface area contributed by atoms with Crippen LogP contribution in [0.15, 0.2) is 0 Å². The molecular formula is C61H118O6. The van der Waals surface area contributed by atoms with Gasteiger partial charge in [0, 0.05) is 19.3 Å². The summed E-state index contributed by atoms with van der Waals surface area (Å²) in [6.45, 7) is 13.8. The van der Waals surface area contributed by atoms with Crippen LogP contribution in [0, 0.1) is 17.8 Å². The first kappa shape index (κ1) is 65.4. The molecule has 0 aliphatic heterocycles. The first-order valence-corrected chi connectivity index (χ1v) is 30.1. The van der Waals surface area contributed by atoms with E-state index in [2.05, 4.69) is 41.5 Å². The largest absolute Gasteiger partial charge is 0.462 e. The van der Waals surface area contributed by atoms with Crippen LogP contribution in [-0.4, -0.2) is 37.2 Å². The van der Waals surface area contributed by atoms with Gasteiger partial charge in [0.2, 0.25) is 0 Å². The van der Waals surface area contributed by atoms with Crippen LogP contribution in [0.1, 0.15) is 337 Å². The molecule has 0 radical (unpaired) electrons. The maximum atomic E-state index is 12.9. The Bertz CT molecular complexity index is 1040. The van der Waals surface area contributed by atoms with E-state index >= 15 is 0 Å². The molecular weight excluding hydrogens is 829 g/mol. The Morgan fingerprint density at radius 2 is 0.433 bits per heavy atom. The lowest BCUT2D eigenvalue weighted by Gasteiger charge is -2.18. The van der Waals surface area contributed by atoms with Gasteiger partial charge in [0.15, 0.2) is 6.10 Å². The van der Waals surface area contributed by atoms with Crippen LogP contribution in [-0.2, 0) is 28.6 Å². The number of ether oxygens (including phenoxy) is 3. The summed E-state index contributed by atoms with van der Waals surface area (Å²) in [7, 11) is 0. The quantitative estimate of drug-likeness (QED) is 0.0343. The van der Waals surface area contributed by atoms with Crippen molar-refractivity contribution in [3.05, 3.63) is 0 Å². The van der Waals surface area contributed by atoms with Gasteiger partial charge in [-0.1, -0.05) is 298 Å². The molecule has 0 saturated carbocycles. The second kappa shape index (κ2) is 52.2. The minimum absolute atomic E-state index is 0.0634. The summed E-state index contributed by atoms with van der Waals surface area (Å²) < 4.78 is 16.9. The Morgan fingerprint density at radius 1 is 0.254 bits per heavy atom. The van der Waals surface area contributed by atoms with E-state index in [1.807, 2.05) is 0 Å². The number of carbonyl (C=O) groups is 3. The van der Waals surface area contributed by atoms with Crippen molar-refractivity contribution in [2.45, 2.75) is 343 Å². The van der Waals surface area contributed by atoms with E-state index < -0.39 is 6.10 Å². The van der Waals surface area contributed by atoms with Crippen LogP contribution in [0.25, 0.3) is 0 Å². The van der Waals surface area contributed by atoms with E-state index in [0.29, 0.717) is 19.3 Å². The fourth-order valence-electron chi connectivity index (χ4n) is 9.35. The van der Waals surface area contributed by atoms with Crippen molar-refractivity contribution in [3.63, 3.8) is 0 Å². The van der Waals surface area contributed by atoms with Gasteiger partial charge in [0.05, 0.1) is 0 Å². The molecule has 0 unspecified atom stereocenters. The average Bonchev–Trinajstić information content (AvgIpc) is 3.29. The first-order valence-electron chi connectivity index (χ1n) is 30.1. The zero-order valence-corrected chi connectivity index (χ0v) is 46.2. The van der Waals surface area contributed by atoms with Crippen molar-refractivity contribution >= 4 is 17.9 Å². The molecule has 0 bridgehead atoms. The molecule has 0 aliphatic rings. The number of carbonyl (C=O) groups excluding carboxylic acids is 3. The van der Waals surface area contributed by atoms with Gasteiger partial charge in [-0.15, -0.1) is 0 Å². The number of hydrogen-bond donors (Lipinski definition) is 0. The summed E-state index contributed by atoms with van der Waals surface area (Å²) in [5.41, 5.74) is 0. The van der Waals surface area contributed by atoms with E-state index in [1.165, 1.54) is 218 Å². The van der Waals surface area contributed by atoms with Gasteiger partial charge < -0.3 is 14.2 Å². The zero-order valence-electron chi connectivity index (χ0n) is 46.2. The molecule has 0 rings (SSSR count). The molecule has 0 aliphatic carbocycles. The van der Waals surface area contributed by atoms with Gasteiger partial charge in [-0.25, -0.2) is 0 Å². The van der Waals surface area contributed by atoms with Crippen molar-refractivity contribution in [1.29, 1.82) is 0 Å². The minimum atomic E-state index is -0.764. The van der Waals surface area contributed by atoms with Crippen molar-refractivity contribution in [2.75, 3.05) is 13.2 Å². The monoisotopic (exact) mass is 947 g/mol. The van der Waals surface area contributed by atoms with Crippen molar-refractivity contribution in [2.24, 2.45) is 17.8 Å². The van der Waals surface area contributed by atoms with Gasteiger partial charge in [-0.3, -0.25) is 14.4 Å². The number of esters is 3. The highest BCUT2D eigenvalue weighted by Crippen LogP contribution is 2.19. The molecule has 0 saturated heterocycles. The SMILES string of the molecule is CC(C)CCCCCCCCCCCCCCCCCCCCC(=O)O[C@@H](COC(=O)CCCCCCCCCCCCCCCC(C)C)COC(=O)CCCCCCCCCCCC(C)C. The molecule has 0 spiro atoms. The molecule has 0 fully saturated rings. The van der Waals surface area contributed by atoms with E-state index in [0.717, 1.165) is 75.5 Å². The maximum absolute atomic E-state index is 12.9. The Morgan fingerprint density at radius 3 is 0.642 bits per heavy atom. The molecule has 398 valence electrons. The third kappa shape index (κ3) is 55.2. The summed E-state index contributed by atoms with van der Waals surface area (Å²) in [5, 5.41) is 0. The van der Waals surface area contributed by atoms with Gasteiger partial charge in [0.25, 0.3) is 0 Å². The lowest BCUT2D eigenvalue weighted by molar-refractivity contribution is -0.167. The molecule has 0 amide bonds. The maximum Gasteiger partial charge on any atom is 0.306 e. The average molecular weight is 948 g/mol. The fraction of sp³-hybridized carbons (Fsp3) is 0.951. The zero-order chi connectivity index (χ0) is 49.1. The smallest absolute Gasteiger partial charge is 0.306 e. The van der Waals surface area contributed by atoms with E-state index in [-0.39, 0.29) is 31.1 Å². The molecule has 0 heterocycles. The Kier molecular flexibility index (Phi) is 51.0. The fourth-order valence-corrected chi connectivity index (χ4v) is 9.35. The Hall–Kier alpha value is -1.59.